The third kappa shape index (κ3) is 1.38. The summed E-state index contributed by atoms with van der Waals surface area (Å²) in [5.41, 5.74) is -1.57. The highest BCUT2D eigenvalue weighted by Gasteiger charge is 2.47. The Morgan fingerprint density at radius 1 is 1.73 bits per heavy atom. The Hall–Kier alpha value is -0.200. The predicted octanol–water partition coefficient (Wildman–Crippen LogP) is -1.93. The van der Waals surface area contributed by atoms with Crippen LogP contribution in [-0.4, -0.2) is 53.6 Å². The average Bonchev–Trinajstić information content (AvgIpc) is 2.31. The molecular formula is C6H12O5. The highest BCUT2D eigenvalue weighted by molar-refractivity contribution is 4.93. The molecule has 0 spiro atoms. The molecule has 1 rings (SSSR count). The number of aliphatic hydroxyl groups excluding tert-OH is 2. The average molecular weight is 164 g/mol. The van der Waals surface area contributed by atoms with Crippen LogP contribution in [0.1, 0.15) is 0 Å². The van der Waals surface area contributed by atoms with Crippen molar-refractivity contribution in [1.82, 2.24) is 0 Å². The molecule has 0 unspecified atom stereocenters. The van der Waals surface area contributed by atoms with Crippen LogP contribution in [0.2, 0.25) is 0 Å². The Balaban J connectivity index is 2.61. The summed E-state index contributed by atoms with van der Waals surface area (Å²) in [6, 6.07) is 0. The number of methoxy groups -OCH3 is 1. The maximum absolute atomic E-state index is 9.37. The number of hydrogen-bond donors (Lipinski definition) is 3. The lowest BCUT2D eigenvalue weighted by molar-refractivity contribution is -0.146. The van der Waals surface area contributed by atoms with E-state index in [9.17, 15) is 10.2 Å². The summed E-state index contributed by atoms with van der Waals surface area (Å²) in [7, 11) is 1.36. The van der Waals surface area contributed by atoms with Gasteiger partial charge in [-0.1, -0.05) is 0 Å². The molecule has 0 aliphatic carbocycles. The van der Waals surface area contributed by atoms with Crippen molar-refractivity contribution in [2.45, 2.75) is 18.0 Å². The maximum atomic E-state index is 9.37. The molecule has 66 valence electrons. The Morgan fingerprint density at radius 2 is 2.36 bits per heavy atom. The quantitative estimate of drug-likeness (QED) is 0.443. The zero-order valence-corrected chi connectivity index (χ0v) is 6.23. The lowest BCUT2D eigenvalue weighted by Crippen LogP contribution is -2.47. The minimum atomic E-state index is -1.57. The summed E-state index contributed by atoms with van der Waals surface area (Å²) in [6.45, 7) is -0.642. The molecule has 1 aliphatic rings. The van der Waals surface area contributed by atoms with Gasteiger partial charge in [-0.3, -0.25) is 0 Å². The van der Waals surface area contributed by atoms with Crippen molar-refractivity contribution in [3.63, 3.8) is 0 Å². The number of ether oxygens (including phenoxy) is 2. The Bertz CT molecular complexity index is 139. The van der Waals surface area contributed by atoms with Crippen LogP contribution < -0.4 is 0 Å². The zero-order valence-electron chi connectivity index (χ0n) is 6.23. The minimum Gasteiger partial charge on any atom is -0.393 e. The molecule has 1 fully saturated rings. The largest absolute Gasteiger partial charge is 0.393 e. The molecule has 5 heteroatoms. The van der Waals surface area contributed by atoms with Gasteiger partial charge in [0, 0.05) is 7.11 Å². The van der Waals surface area contributed by atoms with Gasteiger partial charge < -0.3 is 24.8 Å². The first kappa shape index (κ1) is 8.89. The molecule has 5 nitrogen and oxygen atoms in total. The lowest BCUT2D eigenvalue weighted by Gasteiger charge is -2.22. The molecule has 3 atom stereocenters. The van der Waals surface area contributed by atoms with Gasteiger partial charge in [0.15, 0.2) is 6.29 Å². The Kier molecular flexibility index (Phi) is 2.46. The molecule has 1 saturated heterocycles. The number of aliphatic hydroxyl groups is 3. The van der Waals surface area contributed by atoms with E-state index >= 15 is 0 Å². The fraction of sp³-hybridized carbons (Fsp3) is 1.00. The van der Waals surface area contributed by atoms with E-state index in [1.165, 1.54) is 7.11 Å². The first-order valence-corrected chi connectivity index (χ1v) is 3.30. The Morgan fingerprint density at radius 3 is 2.64 bits per heavy atom. The fourth-order valence-corrected chi connectivity index (χ4v) is 0.992. The smallest absolute Gasteiger partial charge is 0.186 e. The van der Waals surface area contributed by atoms with Crippen molar-refractivity contribution < 1.29 is 24.8 Å². The molecule has 0 aromatic rings. The zero-order chi connectivity index (χ0) is 8.48. The first-order chi connectivity index (χ1) is 5.14. The van der Waals surface area contributed by atoms with E-state index in [-0.39, 0.29) is 6.61 Å². The van der Waals surface area contributed by atoms with Gasteiger partial charge >= 0.3 is 0 Å². The molecule has 3 N–H and O–H groups in total. The molecule has 0 amide bonds. The van der Waals surface area contributed by atoms with Gasteiger partial charge in [-0.15, -0.1) is 0 Å². The Labute approximate surface area is 64.2 Å². The van der Waals surface area contributed by atoms with Gasteiger partial charge in [0.05, 0.1) is 13.2 Å². The van der Waals surface area contributed by atoms with Crippen LogP contribution in [0.4, 0.5) is 0 Å². The molecule has 11 heavy (non-hydrogen) atoms. The van der Waals surface area contributed by atoms with Crippen molar-refractivity contribution >= 4 is 0 Å². The van der Waals surface area contributed by atoms with Gasteiger partial charge in [0.25, 0.3) is 0 Å². The van der Waals surface area contributed by atoms with E-state index in [2.05, 4.69) is 4.74 Å². The normalized spacial score (nSPS) is 44.7. The molecule has 0 radical (unpaired) electrons. The minimum absolute atomic E-state index is 0.108. The second-order valence-electron chi connectivity index (χ2n) is 2.62. The van der Waals surface area contributed by atoms with Crippen LogP contribution in [0.3, 0.4) is 0 Å². The monoisotopic (exact) mass is 164 g/mol. The molecule has 0 aromatic carbocycles. The van der Waals surface area contributed by atoms with Crippen molar-refractivity contribution in [2.75, 3.05) is 20.3 Å². The molecule has 1 aliphatic heterocycles. The second kappa shape index (κ2) is 3.04. The topological polar surface area (TPSA) is 79.2 Å². The van der Waals surface area contributed by atoms with E-state index < -0.39 is 24.6 Å². The fourth-order valence-electron chi connectivity index (χ4n) is 0.992. The second-order valence-corrected chi connectivity index (χ2v) is 2.62. The summed E-state index contributed by atoms with van der Waals surface area (Å²) >= 11 is 0. The number of rotatable bonds is 2. The molecular weight excluding hydrogens is 152 g/mol. The van der Waals surface area contributed by atoms with Gasteiger partial charge in [-0.2, -0.15) is 0 Å². The highest BCUT2D eigenvalue weighted by Crippen LogP contribution is 2.24. The van der Waals surface area contributed by atoms with Crippen molar-refractivity contribution in [3.05, 3.63) is 0 Å². The standard InChI is InChI=1S/C6H12O5/c1-10-5-4(8)6(9,2-7)3-11-5/h4-5,7-9H,2-3H2,1H3/t4-,5+,6-/m0/s1. The van der Waals surface area contributed by atoms with E-state index in [0.717, 1.165) is 0 Å². The summed E-state index contributed by atoms with van der Waals surface area (Å²) in [5, 5.41) is 27.3. The highest BCUT2D eigenvalue weighted by atomic mass is 16.7. The van der Waals surface area contributed by atoms with Crippen molar-refractivity contribution in [1.29, 1.82) is 0 Å². The van der Waals surface area contributed by atoms with E-state index in [4.69, 9.17) is 9.84 Å². The summed E-state index contributed by atoms with van der Waals surface area (Å²) in [5.74, 6) is 0. The van der Waals surface area contributed by atoms with Crippen LogP contribution in [0.15, 0.2) is 0 Å². The summed E-state index contributed by atoms with van der Waals surface area (Å²) < 4.78 is 9.52. The van der Waals surface area contributed by atoms with Crippen molar-refractivity contribution in [3.8, 4) is 0 Å². The predicted molar refractivity (Wildman–Crippen MR) is 34.8 cm³/mol. The first-order valence-electron chi connectivity index (χ1n) is 3.30. The van der Waals surface area contributed by atoms with E-state index in [0.29, 0.717) is 0 Å². The van der Waals surface area contributed by atoms with Crippen LogP contribution in [-0.2, 0) is 9.47 Å². The number of hydrogen-bond acceptors (Lipinski definition) is 5. The maximum Gasteiger partial charge on any atom is 0.186 e. The van der Waals surface area contributed by atoms with Crippen LogP contribution in [0, 0.1) is 0 Å². The summed E-state index contributed by atoms with van der Waals surface area (Å²) in [6.07, 6.45) is -2.02. The lowest BCUT2D eigenvalue weighted by atomic mass is 10.0. The van der Waals surface area contributed by atoms with E-state index in [1.54, 1.807) is 0 Å². The molecule has 0 bridgehead atoms. The molecule has 0 saturated carbocycles. The van der Waals surface area contributed by atoms with Gasteiger partial charge in [0.2, 0.25) is 0 Å². The SMILES string of the molecule is CO[C@@H]1OC[C@@](O)(CO)[C@H]1O. The van der Waals surface area contributed by atoms with Crippen LogP contribution in [0.5, 0.6) is 0 Å². The van der Waals surface area contributed by atoms with Crippen molar-refractivity contribution in [2.24, 2.45) is 0 Å². The van der Waals surface area contributed by atoms with Gasteiger partial charge in [-0.25, -0.2) is 0 Å². The van der Waals surface area contributed by atoms with E-state index in [1.807, 2.05) is 0 Å². The summed E-state index contributed by atoms with van der Waals surface area (Å²) in [4.78, 5) is 0. The third-order valence-electron chi connectivity index (χ3n) is 1.81. The van der Waals surface area contributed by atoms with Crippen LogP contribution in [0.25, 0.3) is 0 Å². The molecule has 0 aromatic heterocycles. The third-order valence-corrected chi connectivity index (χ3v) is 1.81. The van der Waals surface area contributed by atoms with Crippen LogP contribution >= 0.6 is 0 Å². The molecule has 1 heterocycles. The van der Waals surface area contributed by atoms with Gasteiger partial charge in [0.1, 0.15) is 11.7 Å². The van der Waals surface area contributed by atoms with Gasteiger partial charge in [-0.05, 0) is 0 Å².